The standard InChI is InChI=1S/C22H28N2O3.C5H10N2O2S/c1-14-11-15(2)13-17(12-14)21(26)24(22(4,5)6)23-20(25)18-9-8-10-19(27-7)16(18)3;1-4(10-3)7-9-5(8)6-2/h8-13H,1-7H3,(H,23,25);1-3H3,(H,6,8)/b;7-4+. The molecule has 0 saturated carbocycles. The number of aryl methyl sites for hydroxylation is 2. The van der Waals surface area contributed by atoms with Gasteiger partial charge in [0.2, 0.25) is 0 Å². The molecule has 0 bridgehead atoms. The molecule has 0 radical (unpaired) electrons. The number of nitrogens with one attached hydrogen (secondary N) is 2. The lowest BCUT2D eigenvalue weighted by Crippen LogP contribution is -2.56. The number of hydrogen-bond acceptors (Lipinski definition) is 7. The van der Waals surface area contributed by atoms with Crippen molar-refractivity contribution in [3.05, 3.63) is 64.2 Å². The van der Waals surface area contributed by atoms with E-state index in [1.54, 1.807) is 32.2 Å². The third-order valence-corrected chi connectivity index (χ3v) is 5.73. The molecule has 0 saturated heterocycles. The molecule has 0 aliphatic rings. The van der Waals surface area contributed by atoms with Gasteiger partial charge in [0.1, 0.15) is 10.8 Å². The fourth-order valence-corrected chi connectivity index (χ4v) is 3.29. The van der Waals surface area contributed by atoms with Crippen molar-refractivity contribution >= 4 is 34.7 Å². The summed E-state index contributed by atoms with van der Waals surface area (Å²) in [6.07, 6.45) is 1.31. The van der Waals surface area contributed by atoms with Crippen LogP contribution in [0.3, 0.4) is 0 Å². The molecule has 0 atom stereocenters. The number of hydrazine groups is 1. The van der Waals surface area contributed by atoms with Gasteiger partial charge in [-0.05, 0) is 79.0 Å². The number of carbonyl (C=O) groups is 3. The Morgan fingerprint density at radius 2 is 1.62 bits per heavy atom. The number of hydrogen-bond donors (Lipinski definition) is 2. The van der Waals surface area contributed by atoms with Crippen LogP contribution in [-0.2, 0) is 4.84 Å². The first-order valence-electron chi connectivity index (χ1n) is 11.6. The van der Waals surface area contributed by atoms with Crippen molar-refractivity contribution in [2.24, 2.45) is 5.16 Å². The molecule has 0 fully saturated rings. The zero-order valence-electron chi connectivity index (χ0n) is 23.3. The predicted octanol–water partition coefficient (Wildman–Crippen LogP) is 5.24. The Bertz CT molecular complexity index is 1120. The molecule has 2 rings (SSSR count). The number of amides is 3. The average molecular weight is 531 g/mol. The van der Waals surface area contributed by atoms with E-state index >= 15 is 0 Å². The Balaban J connectivity index is 0.000000580. The Hall–Kier alpha value is -3.53. The van der Waals surface area contributed by atoms with Crippen LogP contribution in [0, 0.1) is 20.8 Å². The van der Waals surface area contributed by atoms with Crippen molar-refractivity contribution in [2.45, 2.75) is 54.0 Å². The predicted molar refractivity (Wildman–Crippen MR) is 149 cm³/mol. The third-order valence-electron chi connectivity index (χ3n) is 5.06. The number of ether oxygens (including phenoxy) is 1. The molecule has 37 heavy (non-hydrogen) atoms. The molecule has 3 amide bonds. The second-order valence-electron chi connectivity index (χ2n) is 9.20. The molecule has 2 aromatic carbocycles. The van der Waals surface area contributed by atoms with Crippen LogP contribution < -0.4 is 15.5 Å². The van der Waals surface area contributed by atoms with E-state index in [1.165, 1.54) is 23.8 Å². The highest BCUT2D eigenvalue weighted by atomic mass is 32.2. The van der Waals surface area contributed by atoms with Crippen LogP contribution in [0.4, 0.5) is 4.79 Å². The summed E-state index contributed by atoms with van der Waals surface area (Å²) in [6, 6.07) is 10.9. The summed E-state index contributed by atoms with van der Waals surface area (Å²) < 4.78 is 5.29. The van der Waals surface area contributed by atoms with Crippen molar-refractivity contribution in [3.8, 4) is 5.75 Å². The number of thioether (sulfide) groups is 1. The lowest BCUT2D eigenvalue weighted by molar-refractivity contribution is 0.0358. The summed E-state index contributed by atoms with van der Waals surface area (Å²) in [4.78, 5) is 40.8. The number of benzene rings is 2. The molecular formula is C27H38N4O5S. The first-order chi connectivity index (χ1) is 17.2. The summed E-state index contributed by atoms with van der Waals surface area (Å²) in [6.45, 7) is 13.1. The highest BCUT2D eigenvalue weighted by molar-refractivity contribution is 8.13. The second-order valence-corrected chi connectivity index (χ2v) is 10.2. The van der Waals surface area contributed by atoms with Crippen LogP contribution in [-0.4, -0.2) is 53.9 Å². The highest BCUT2D eigenvalue weighted by Gasteiger charge is 2.30. The summed E-state index contributed by atoms with van der Waals surface area (Å²) in [5.74, 6) is 0.0350. The van der Waals surface area contributed by atoms with E-state index in [2.05, 4.69) is 20.7 Å². The van der Waals surface area contributed by atoms with Gasteiger partial charge in [0.25, 0.3) is 11.8 Å². The topological polar surface area (TPSA) is 109 Å². The number of methoxy groups -OCH3 is 1. The van der Waals surface area contributed by atoms with Crippen molar-refractivity contribution in [2.75, 3.05) is 20.4 Å². The van der Waals surface area contributed by atoms with Crippen LogP contribution >= 0.6 is 11.8 Å². The normalized spacial score (nSPS) is 11.0. The van der Waals surface area contributed by atoms with Gasteiger partial charge in [-0.3, -0.25) is 19.9 Å². The maximum absolute atomic E-state index is 13.2. The zero-order chi connectivity index (χ0) is 28.3. The van der Waals surface area contributed by atoms with Crippen molar-refractivity contribution in [1.29, 1.82) is 0 Å². The average Bonchev–Trinajstić information content (AvgIpc) is 2.84. The summed E-state index contributed by atoms with van der Waals surface area (Å²) in [7, 11) is 3.04. The quantitative estimate of drug-likeness (QED) is 0.242. The Labute approximate surface area is 223 Å². The van der Waals surface area contributed by atoms with E-state index in [1.807, 2.05) is 66.0 Å². The first kappa shape index (κ1) is 31.5. The minimum absolute atomic E-state index is 0.247. The van der Waals surface area contributed by atoms with E-state index in [4.69, 9.17) is 4.74 Å². The largest absolute Gasteiger partial charge is 0.496 e. The lowest BCUT2D eigenvalue weighted by atomic mass is 10.0. The van der Waals surface area contributed by atoms with Gasteiger partial charge in [-0.2, -0.15) is 0 Å². The highest BCUT2D eigenvalue weighted by Crippen LogP contribution is 2.22. The molecular weight excluding hydrogens is 492 g/mol. The van der Waals surface area contributed by atoms with E-state index in [0.717, 1.165) is 16.7 Å². The maximum atomic E-state index is 13.2. The van der Waals surface area contributed by atoms with Gasteiger partial charge in [-0.15, -0.1) is 11.8 Å². The molecule has 0 aromatic heterocycles. The van der Waals surface area contributed by atoms with Crippen LogP contribution in [0.1, 0.15) is 65.1 Å². The fraction of sp³-hybridized carbons (Fsp3) is 0.407. The fourth-order valence-electron chi connectivity index (χ4n) is 3.18. The molecule has 0 aliphatic carbocycles. The Morgan fingerprint density at radius 1 is 1.03 bits per heavy atom. The van der Waals surface area contributed by atoms with Gasteiger partial charge in [0, 0.05) is 23.7 Å². The van der Waals surface area contributed by atoms with Crippen LogP contribution in [0.15, 0.2) is 41.6 Å². The minimum atomic E-state index is -0.600. The maximum Gasteiger partial charge on any atom is 0.433 e. The van der Waals surface area contributed by atoms with Crippen LogP contribution in [0.5, 0.6) is 5.75 Å². The summed E-state index contributed by atoms with van der Waals surface area (Å²) >= 11 is 1.42. The monoisotopic (exact) mass is 530 g/mol. The van der Waals surface area contributed by atoms with Crippen molar-refractivity contribution in [3.63, 3.8) is 0 Å². The van der Waals surface area contributed by atoms with E-state index in [9.17, 15) is 14.4 Å². The van der Waals surface area contributed by atoms with Gasteiger partial charge in [0.15, 0.2) is 0 Å². The van der Waals surface area contributed by atoms with Crippen molar-refractivity contribution in [1.82, 2.24) is 15.8 Å². The first-order valence-corrected chi connectivity index (χ1v) is 12.8. The van der Waals surface area contributed by atoms with E-state index in [0.29, 0.717) is 21.9 Å². The summed E-state index contributed by atoms with van der Waals surface area (Å²) in [5, 5.41) is 7.85. The van der Waals surface area contributed by atoms with Gasteiger partial charge < -0.3 is 10.1 Å². The molecule has 202 valence electrons. The molecule has 0 heterocycles. The van der Waals surface area contributed by atoms with Gasteiger partial charge in [-0.1, -0.05) is 28.4 Å². The molecule has 2 N–H and O–H groups in total. The molecule has 10 heteroatoms. The van der Waals surface area contributed by atoms with E-state index in [-0.39, 0.29) is 11.8 Å². The Kier molecular flexibility index (Phi) is 12.1. The lowest BCUT2D eigenvalue weighted by Gasteiger charge is -2.35. The number of carbonyl (C=O) groups excluding carboxylic acids is 3. The third kappa shape index (κ3) is 9.80. The molecule has 0 aliphatic heterocycles. The molecule has 0 unspecified atom stereocenters. The smallest absolute Gasteiger partial charge is 0.433 e. The van der Waals surface area contributed by atoms with Crippen LogP contribution in [0.2, 0.25) is 0 Å². The van der Waals surface area contributed by atoms with E-state index < -0.39 is 11.6 Å². The van der Waals surface area contributed by atoms with Gasteiger partial charge >= 0.3 is 6.09 Å². The number of nitrogens with zero attached hydrogens (tertiary/aromatic N) is 2. The molecule has 2 aromatic rings. The minimum Gasteiger partial charge on any atom is -0.496 e. The van der Waals surface area contributed by atoms with Crippen LogP contribution in [0.25, 0.3) is 0 Å². The van der Waals surface area contributed by atoms with Crippen molar-refractivity contribution < 1.29 is 24.0 Å². The molecule has 9 nitrogen and oxygen atoms in total. The second kappa shape index (κ2) is 14.3. The SMILES string of the molecule is CNC(=O)O/N=C(\C)SC.COc1cccc(C(=O)NN(C(=O)c2cc(C)cc(C)c2)C(C)(C)C)c1C. The zero-order valence-corrected chi connectivity index (χ0v) is 24.1. The summed E-state index contributed by atoms with van der Waals surface area (Å²) in [5.41, 5.74) is 5.94. The number of oxime groups is 1. The van der Waals surface area contributed by atoms with Gasteiger partial charge in [0.05, 0.1) is 12.6 Å². The number of rotatable bonds is 4. The molecule has 0 spiro atoms. The Morgan fingerprint density at radius 3 is 2.11 bits per heavy atom. The van der Waals surface area contributed by atoms with Gasteiger partial charge in [-0.25, -0.2) is 9.80 Å².